The molecule has 0 spiro atoms. The van der Waals surface area contributed by atoms with Crippen molar-refractivity contribution in [3.63, 3.8) is 0 Å². The average Bonchev–Trinajstić information content (AvgIpc) is 2.21. The number of halogens is 1. The van der Waals surface area contributed by atoms with Crippen LogP contribution >= 0.6 is 35.2 Å². The molecule has 5 heteroatoms. The van der Waals surface area contributed by atoms with Crippen molar-refractivity contribution >= 4 is 49.0 Å². The molecule has 116 valence electrons. The Labute approximate surface area is 149 Å². The lowest BCUT2D eigenvalue weighted by Gasteiger charge is -2.68. The van der Waals surface area contributed by atoms with E-state index in [1.165, 1.54) is 6.42 Å². The molecular weight excluding hydrogens is 392 g/mol. The smallest absolute Gasteiger partial charge is 0.226 e. The Kier molecular flexibility index (Phi) is 3.96. The first-order valence-electron chi connectivity index (χ1n) is 8.07. The molecule has 2 nitrogen and oxygen atoms in total. The minimum Gasteiger partial charge on any atom is -0.325 e. The summed E-state index contributed by atoms with van der Waals surface area (Å²) in [5, 5.41) is -0.109. The van der Waals surface area contributed by atoms with Gasteiger partial charge < -0.3 is 4.90 Å². The number of hydrogen-bond acceptors (Lipinski definition) is 2. The molecule has 5 unspecified atom stereocenters. The molecule has 4 rings (SSSR count). The van der Waals surface area contributed by atoms with Gasteiger partial charge in [-0.25, -0.2) is 0 Å². The summed E-state index contributed by atoms with van der Waals surface area (Å²) in [6.07, 6.45) is 6.42. The fraction of sp³-hybridized carbons (Fsp3) is 0.938. The van der Waals surface area contributed by atoms with Crippen molar-refractivity contribution in [3.05, 3.63) is 0 Å². The van der Waals surface area contributed by atoms with Gasteiger partial charge in [-0.1, -0.05) is 48.2 Å². The zero-order valence-corrected chi connectivity index (χ0v) is 16.3. The highest BCUT2D eigenvalue weighted by atomic mass is 127. The van der Waals surface area contributed by atoms with Crippen LogP contribution in [-0.2, 0) is 4.79 Å². The quantitative estimate of drug-likeness (QED) is 0.242. The third-order valence-corrected chi connectivity index (χ3v) is 6.71. The number of nitrogens with zero attached hydrogens (tertiary/aromatic N) is 1. The van der Waals surface area contributed by atoms with Gasteiger partial charge in [-0.3, -0.25) is 4.79 Å². The summed E-state index contributed by atoms with van der Waals surface area (Å²) in [6, 6.07) is 0. The van der Waals surface area contributed by atoms with Gasteiger partial charge in [-0.2, -0.15) is 12.6 Å². The summed E-state index contributed by atoms with van der Waals surface area (Å²) < 4.78 is 0.240. The summed E-state index contributed by atoms with van der Waals surface area (Å²) in [5.74, 6) is 0.959. The van der Waals surface area contributed by atoms with E-state index in [2.05, 4.69) is 34.4 Å². The van der Waals surface area contributed by atoms with Crippen molar-refractivity contribution in [1.29, 1.82) is 0 Å². The van der Waals surface area contributed by atoms with Crippen LogP contribution in [0, 0.1) is 11.8 Å². The summed E-state index contributed by atoms with van der Waals surface area (Å²) in [7, 11) is 6.72. The minimum atomic E-state index is -0.109. The van der Waals surface area contributed by atoms with Gasteiger partial charge in [0.15, 0.2) is 0 Å². The molecular formula is C16H25BINOS. The Morgan fingerprint density at radius 1 is 1.24 bits per heavy atom. The SMILES string of the molecule is [B]C12CC3CC(S)(C1)CC(N(C(=O)C(C)C)C(C)I)(C3)C2. The van der Waals surface area contributed by atoms with Crippen LogP contribution < -0.4 is 0 Å². The van der Waals surface area contributed by atoms with Crippen LogP contribution in [0.3, 0.4) is 0 Å². The van der Waals surface area contributed by atoms with Gasteiger partial charge in [-0.15, -0.1) is 0 Å². The molecule has 4 fully saturated rings. The molecule has 0 aliphatic heterocycles. The summed E-state index contributed by atoms with van der Waals surface area (Å²) in [6.45, 7) is 6.14. The van der Waals surface area contributed by atoms with Gasteiger partial charge in [0.1, 0.15) is 0 Å². The van der Waals surface area contributed by atoms with E-state index in [-0.39, 0.29) is 31.5 Å². The Morgan fingerprint density at radius 3 is 2.38 bits per heavy atom. The first kappa shape index (κ1) is 16.5. The lowest BCUT2D eigenvalue weighted by atomic mass is 9.40. The van der Waals surface area contributed by atoms with Crippen molar-refractivity contribution in [3.8, 4) is 0 Å². The van der Waals surface area contributed by atoms with E-state index < -0.39 is 0 Å². The second-order valence-electron chi connectivity index (χ2n) is 8.26. The largest absolute Gasteiger partial charge is 0.325 e. The summed E-state index contributed by atoms with van der Waals surface area (Å²) >= 11 is 7.41. The van der Waals surface area contributed by atoms with E-state index in [0.717, 1.165) is 32.1 Å². The van der Waals surface area contributed by atoms with Crippen LogP contribution in [0.1, 0.15) is 59.3 Å². The molecule has 0 heterocycles. The van der Waals surface area contributed by atoms with Crippen LogP contribution in [0.2, 0.25) is 5.31 Å². The highest BCUT2D eigenvalue weighted by Crippen LogP contribution is 2.68. The Morgan fingerprint density at radius 2 is 1.90 bits per heavy atom. The third-order valence-electron chi connectivity index (χ3n) is 5.65. The zero-order valence-electron chi connectivity index (χ0n) is 13.2. The van der Waals surface area contributed by atoms with Crippen molar-refractivity contribution in [2.45, 2.75) is 78.9 Å². The van der Waals surface area contributed by atoms with Crippen molar-refractivity contribution in [2.75, 3.05) is 0 Å². The topological polar surface area (TPSA) is 20.3 Å². The van der Waals surface area contributed by atoms with Gasteiger partial charge in [0, 0.05) is 16.2 Å². The molecule has 5 atom stereocenters. The second kappa shape index (κ2) is 5.05. The van der Waals surface area contributed by atoms with E-state index in [1.807, 2.05) is 13.8 Å². The monoisotopic (exact) mass is 417 g/mol. The van der Waals surface area contributed by atoms with Crippen molar-refractivity contribution < 1.29 is 4.79 Å². The molecule has 4 saturated carbocycles. The fourth-order valence-corrected chi connectivity index (χ4v) is 7.48. The number of rotatable bonds is 3. The lowest BCUT2D eigenvalue weighted by molar-refractivity contribution is -0.151. The second-order valence-corrected chi connectivity index (χ2v) is 11.0. The molecule has 2 radical (unpaired) electrons. The molecule has 0 aromatic heterocycles. The van der Waals surface area contributed by atoms with Gasteiger partial charge in [0.25, 0.3) is 0 Å². The Balaban J connectivity index is 2.01. The summed E-state index contributed by atoms with van der Waals surface area (Å²) in [4.78, 5) is 15.0. The number of thiol groups is 1. The van der Waals surface area contributed by atoms with Crippen LogP contribution in [0.4, 0.5) is 0 Å². The first-order valence-corrected chi connectivity index (χ1v) is 9.76. The standard InChI is InChI=1S/C16H25BINOS/c1-10(2)13(20)19(11(3)18)15-5-12-4-14(17,7-15)8-16(21,6-12)9-15/h10-12,21H,4-9H2,1-3H3. The van der Waals surface area contributed by atoms with Crippen molar-refractivity contribution in [1.82, 2.24) is 4.90 Å². The predicted octanol–water partition coefficient (Wildman–Crippen LogP) is 3.98. The number of carbonyl (C=O) groups is 1. The van der Waals surface area contributed by atoms with Crippen LogP contribution in [0.25, 0.3) is 0 Å². The summed E-state index contributed by atoms with van der Waals surface area (Å²) in [5.41, 5.74) is -0.0577. The number of carbonyl (C=O) groups excluding carboxylic acids is 1. The maximum Gasteiger partial charge on any atom is 0.226 e. The zero-order chi connectivity index (χ0) is 15.6. The Bertz CT molecular complexity index is 451. The maximum absolute atomic E-state index is 12.9. The minimum absolute atomic E-state index is 0.0369. The van der Waals surface area contributed by atoms with Crippen LogP contribution in [0.15, 0.2) is 0 Å². The molecule has 0 N–H and O–H groups in total. The Hall–Kier alpha value is 0.615. The molecule has 4 aliphatic carbocycles. The maximum atomic E-state index is 12.9. The van der Waals surface area contributed by atoms with Gasteiger partial charge in [0.2, 0.25) is 5.91 Å². The number of hydrogen-bond donors (Lipinski definition) is 1. The van der Waals surface area contributed by atoms with Crippen molar-refractivity contribution in [2.24, 2.45) is 11.8 Å². The average molecular weight is 417 g/mol. The van der Waals surface area contributed by atoms with Gasteiger partial charge in [-0.05, 0) is 44.9 Å². The van der Waals surface area contributed by atoms with E-state index in [1.54, 1.807) is 0 Å². The van der Waals surface area contributed by atoms with Crippen LogP contribution in [0.5, 0.6) is 0 Å². The van der Waals surface area contributed by atoms with Crippen LogP contribution in [-0.4, -0.2) is 33.0 Å². The highest BCUT2D eigenvalue weighted by Gasteiger charge is 2.63. The van der Waals surface area contributed by atoms with E-state index >= 15 is 0 Å². The number of amides is 1. The normalized spacial score (nSPS) is 45.9. The molecule has 4 aliphatic rings. The first-order chi connectivity index (χ1) is 9.58. The molecule has 1 amide bonds. The fourth-order valence-electron chi connectivity index (χ4n) is 5.74. The van der Waals surface area contributed by atoms with E-state index in [9.17, 15) is 4.79 Å². The predicted molar refractivity (Wildman–Crippen MR) is 99.3 cm³/mol. The van der Waals surface area contributed by atoms with E-state index in [0.29, 0.717) is 5.92 Å². The lowest BCUT2D eigenvalue weighted by Crippen LogP contribution is -2.68. The molecule has 4 bridgehead atoms. The molecule has 21 heavy (non-hydrogen) atoms. The van der Waals surface area contributed by atoms with Gasteiger partial charge >= 0.3 is 0 Å². The molecule has 0 saturated heterocycles. The molecule has 0 aromatic rings. The van der Waals surface area contributed by atoms with Gasteiger partial charge in [0.05, 0.1) is 11.9 Å². The van der Waals surface area contributed by atoms with E-state index in [4.69, 9.17) is 20.5 Å². The molecule has 0 aromatic carbocycles. The third kappa shape index (κ3) is 2.68. The number of alkyl halides is 1. The highest BCUT2D eigenvalue weighted by molar-refractivity contribution is 14.1.